The van der Waals surface area contributed by atoms with E-state index < -0.39 is 17.8 Å². The van der Waals surface area contributed by atoms with Gasteiger partial charge in [-0.2, -0.15) is 0 Å². The Hall–Kier alpha value is -4.52. The van der Waals surface area contributed by atoms with Gasteiger partial charge in [0.15, 0.2) is 18.2 Å². The second-order valence-electron chi connectivity index (χ2n) is 6.97. The van der Waals surface area contributed by atoms with E-state index in [4.69, 9.17) is 9.15 Å². The van der Waals surface area contributed by atoms with Crippen molar-refractivity contribution in [3.63, 3.8) is 0 Å². The lowest BCUT2D eigenvalue weighted by Crippen LogP contribution is -2.15. The molecule has 0 unspecified atom stereocenters. The van der Waals surface area contributed by atoms with Gasteiger partial charge in [-0.25, -0.2) is 0 Å². The Morgan fingerprint density at radius 3 is 2.38 bits per heavy atom. The van der Waals surface area contributed by atoms with Crippen LogP contribution in [0.2, 0.25) is 0 Å². The van der Waals surface area contributed by atoms with Crippen LogP contribution < -0.4 is 10.2 Å². The molecule has 7 heteroatoms. The second-order valence-corrected chi connectivity index (χ2v) is 6.97. The smallest absolute Gasteiger partial charge is 0.239 e. The molecule has 0 aliphatic rings. The molecule has 0 bridgehead atoms. The van der Waals surface area contributed by atoms with Crippen molar-refractivity contribution in [1.29, 1.82) is 0 Å². The summed E-state index contributed by atoms with van der Waals surface area (Å²) in [4.78, 5) is 25.4. The topological polar surface area (TPSA) is 117 Å². The first-order valence-electron chi connectivity index (χ1n) is 9.63. The van der Waals surface area contributed by atoms with E-state index in [1.165, 1.54) is 36.4 Å². The van der Waals surface area contributed by atoms with E-state index in [0.29, 0.717) is 5.56 Å². The van der Waals surface area contributed by atoms with Crippen molar-refractivity contribution in [2.75, 3.05) is 6.61 Å². The summed E-state index contributed by atoms with van der Waals surface area (Å²) in [5.41, 5.74) is 0.470. The van der Waals surface area contributed by atoms with Gasteiger partial charge in [0.05, 0.1) is 0 Å². The van der Waals surface area contributed by atoms with Crippen LogP contribution in [0.1, 0.15) is 5.56 Å². The summed E-state index contributed by atoms with van der Waals surface area (Å²) in [6.45, 7) is -0.441. The Kier molecular flexibility index (Phi) is 5.63. The highest BCUT2D eigenvalue weighted by Crippen LogP contribution is 2.36. The zero-order valence-corrected chi connectivity index (χ0v) is 16.7. The van der Waals surface area contributed by atoms with E-state index in [2.05, 4.69) is 0 Å². The van der Waals surface area contributed by atoms with Crippen molar-refractivity contribution in [1.82, 2.24) is 0 Å². The predicted molar refractivity (Wildman–Crippen MR) is 119 cm³/mol. The lowest BCUT2D eigenvalue weighted by Gasteiger charge is -2.12. The second kappa shape index (κ2) is 8.69. The van der Waals surface area contributed by atoms with Gasteiger partial charge in [0.1, 0.15) is 28.2 Å². The average molecular weight is 430 g/mol. The molecule has 7 nitrogen and oxygen atoms in total. The van der Waals surface area contributed by atoms with Gasteiger partial charge in [-0.05, 0) is 35.9 Å². The van der Waals surface area contributed by atoms with Crippen molar-refractivity contribution in [3.8, 4) is 34.3 Å². The number of carbonyl (C=O) groups is 1. The summed E-state index contributed by atoms with van der Waals surface area (Å²) < 4.78 is 11.3. The molecule has 0 aliphatic heterocycles. The fraction of sp³-hybridized carbons (Fsp3) is 0.0400. The SMILES string of the molecule is O=C(/C=C/c1ccccc1)COc1c(-c2ccc(O)cc2)oc2cc(O)cc(O)c2c1=O. The fourth-order valence-electron chi connectivity index (χ4n) is 3.15. The van der Waals surface area contributed by atoms with E-state index in [-0.39, 0.29) is 39.8 Å². The van der Waals surface area contributed by atoms with E-state index in [0.717, 1.165) is 11.6 Å². The zero-order chi connectivity index (χ0) is 22.7. The number of hydrogen-bond acceptors (Lipinski definition) is 7. The summed E-state index contributed by atoms with van der Waals surface area (Å²) in [7, 11) is 0. The van der Waals surface area contributed by atoms with Crippen LogP contribution in [0.3, 0.4) is 0 Å². The molecule has 3 aromatic carbocycles. The molecule has 0 fully saturated rings. The minimum absolute atomic E-state index is 0.00709. The summed E-state index contributed by atoms with van der Waals surface area (Å²) in [6, 6.07) is 17.2. The molecule has 0 radical (unpaired) electrons. The lowest BCUT2D eigenvalue weighted by atomic mass is 10.1. The summed E-state index contributed by atoms with van der Waals surface area (Å²) >= 11 is 0. The molecule has 0 amide bonds. The molecule has 4 rings (SSSR count). The number of benzene rings is 3. The summed E-state index contributed by atoms with van der Waals surface area (Å²) in [6.07, 6.45) is 2.97. The summed E-state index contributed by atoms with van der Waals surface area (Å²) in [5, 5.41) is 29.3. The Morgan fingerprint density at radius 2 is 1.66 bits per heavy atom. The number of aromatic hydroxyl groups is 3. The predicted octanol–water partition coefficient (Wildman–Crippen LogP) is 4.24. The zero-order valence-electron chi connectivity index (χ0n) is 16.7. The molecule has 0 aliphatic carbocycles. The minimum atomic E-state index is -0.702. The highest BCUT2D eigenvalue weighted by atomic mass is 16.5. The lowest BCUT2D eigenvalue weighted by molar-refractivity contribution is -0.116. The Morgan fingerprint density at radius 1 is 0.938 bits per heavy atom. The van der Waals surface area contributed by atoms with Crippen molar-refractivity contribution >= 4 is 22.8 Å². The molecule has 1 heterocycles. The number of carbonyl (C=O) groups excluding carboxylic acids is 1. The highest BCUT2D eigenvalue weighted by Gasteiger charge is 2.21. The van der Waals surface area contributed by atoms with Crippen LogP contribution in [0.4, 0.5) is 0 Å². The molecule has 32 heavy (non-hydrogen) atoms. The number of ether oxygens (including phenoxy) is 1. The Balaban J connectivity index is 1.73. The first kappa shape index (κ1) is 20.7. The molecule has 0 atom stereocenters. The molecular formula is C25H18O7. The van der Waals surface area contributed by atoms with Crippen molar-refractivity contribution in [2.45, 2.75) is 0 Å². The third-order valence-corrected chi connectivity index (χ3v) is 4.67. The van der Waals surface area contributed by atoms with Gasteiger partial charge >= 0.3 is 0 Å². The molecule has 160 valence electrons. The van der Waals surface area contributed by atoms with Gasteiger partial charge in [0.2, 0.25) is 11.2 Å². The van der Waals surface area contributed by atoms with Crippen molar-refractivity contribution < 1.29 is 29.3 Å². The molecule has 1 aromatic heterocycles. The first-order valence-corrected chi connectivity index (χ1v) is 9.63. The van der Waals surface area contributed by atoms with Crippen LogP contribution in [-0.4, -0.2) is 27.7 Å². The van der Waals surface area contributed by atoms with Crippen molar-refractivity contribution in [3.05, 3.63) is 88.6 Å². The monoisotopic (exact) mass is 430 g/mol. The van der Waals surface area contributed by atoms with Gasteiger partial charge in [0, 0.05) is 17.7 Å². The maximum Gasteiger partial charge on any atom is 0.239 e. The van der Waals surface area contributed by atoms with Crippen LogP contribution in [0.25, 0.3) is 28.4 Å². The van der Waals surface area contributed by atoms with Gasteiger partial charge in [-0.15, -0.1) is 0 Å². The van der Waals surface area contributed by atoms with Crippen LogP contribution in [0.15, 0.2) is 82.0 Å². The first-order chi connectivity index (χ1) is 15.4. The quantitative estimate of drug-likeness (QED) is 0.392. The van der Waals surface area contributed by atoms with Crippen LogP contribution >= 0.6 is 0 Å². The van der Waals surface area contributed by atoms with Crippen LogP contribution in [0, 0.1) is 0 Å². The minimum Gasteiger partial charge on any atom is -0.508 e. The molecule has 4 aromatic rings. The number of ketones is 1. The summed E-state index contributed by atoms with van der Waals surface area (Å²) in [5.74, 6) is -1.43. The van der Waals surface area contributed by atoms with Gasteiger partial charge in [0.25, 0.3) is 0 Å². The normalized spacial score (nSPS) is 11.1. The number of phenols is 3. The average Bonchev–Trinajstić information content (AvgIpc) is 2.77. The number of rotatable bonds is 6. The maximum absolute atomic E-state index is 13.1. The fourth-order valence-corrected chi connectivity index (χ4v) is 3.15. The highest BCUT2D eigenvalue weighted by molar-refractivity contribution is 5.95. The van der Waals surface area contributed by atoms with Gasteiger partial charge in [-0.1, -0.05) is 36.4 Å². The third-order valence-electron chi connectivity index (χ3n) is 4.67. The van der Waals surface area contributed by atoms with Gasteiger partial charge in [-0.3, -0.25) is 9.59 Å². The largest absolute Gasteiger partial charge is 0.508 e. The van der Waals surface area contributed by atoms with E-state index in [1.54, 1.807) is 6.08 Å². The molecule has 0 saturated heterocycles. The molecule has 0 spiro atoms. The molecular weight excluding hydrogens is 412 g/mol. The maximum atomic E-state index is 13.1. The van der Waals surface area contributed by atoms with Crippen LogP contribution in [0.5, 0.6) is 23.0 Å². The number of hydrogen-bond donors (Lipinski definition) is 3. The third kappa shape index (κ3) is 4.32. The Bertz CT molecular complexity index is 1370. The molecule has 0 saturated carbocycles. The van der Waals surface area contributed by atoms with Gasteiger partial charge < -0.3 is 24.5 Å². The standard InChI is InChI=1S/C25H18O7/c26-17-10-7-16(8-11-17)24-25(23(30)22-20(29)12-19(28)13-21(22)32-24)31-14-18(27)9-6-15-4-2-1-3-5-15/h1-13,26,28-29H,14H2/b9-6+. The number of fused-ring (bicyclic) bond motifs is 1. The number of phenolic OH excluding ortho intramolecular Hbond substituents is 3. The Labute approximate surface area is 182 Å². The van der Waals surface area contributed by atoms with Crippen molar-refractivity contribution in [2.24, 2.45) is 0 Å². The molecule has 3 N–H and O–H groups in total. The van der Waals surface area contributed by atoms with E-state index >= 15 is 0 Å². The van der Waals surface area contributed by atoms with Crippen LogP contribution in [-0.2, 0) is 4.79 Å². The van der Waals surface area contributed by atoms with E-state index in [1.807, 2.05) is 30.3 Å². The van der Waals surface area contributed by atoms with E-state index in [9.17, 15) is 24.9 Å².